The van der Waals surface area contributed by atoms with E-state index in [4.69, 9.17) is 0 Å². The maximum Gasteiger partial charge on any atom is 0.280 e. The van der Waals surface area contributed by atoms with E-state index < -0.39 is 0 Å². The van der Waals surface area contributed by atoms with Gasteiger partial charge in [0, 0.05) is 16.7 Å². The van der Waals surface area contributed by atoms with Crippen molar-refractivity contribution >= 4 is 22.2 Å². The fourth-order valence-corrected chi connectivity index (χ4v) is 5.33. The standard InChI is InChI=1S/C17H23N3OS/c1-11-6-12(2)9-20(8-11)10-16(21)19-17-14(7-18)13-4-3-5-15(13)22-17/h11-12H,3-6,8-10H2,1-2H3,(H,19,21)/p+1/t11-,12+. The van der Waals surface area contributed by atoms with E-state index in [1.54, 1.807) is 11.3 Å². The molecule has 0 aromatic carbocycles. The zero-order valence-electron chi connectivity index (χ0n) is 13.4. The Hall–Kier alpha value is -1.38. The van der Waals surface area contributed by atoms with Crippen LogP contribution in [0, 0.1) is 23.2 Å². The number of nitrogens with one attached hydrogen (secondary N) is 2. The molecular weight excluding hydrogens is 294 g/mol. The van der Waals surface area contributed by atoms with Gasteiger partial charge in [-0.3, -0.25) is 4.79 Å². The van der Waals surface area contributed by atoms with Crippen LogP contribution >= 0.6 is 11.3 Å². The molecule has 22 heavy (non-hydrogen) atoms. The molecule has 3 rings (SSSR count). The summed E-state index contributed by atoms with van der Waals surface area (Å²) in [6.07, 6.45) is 4.44. The highest BCUT2D eigenvalue weighted by molar-refractivity contribution is 7.16. The first-order chi connectivity index (χ1) is 10.6. The average Bonchev–Trinajstić information content (AvgIpc) is 2.97. The molecule has 5 heteroatoms. The van der Waals surface area contributed by atoms with E-state index in [0.717, 1.165) is 37.4 Å². The van der Waals surface area contributed by atoms with Gasteiger partial charge in [-0.05, 0) is 31.2 Å². The first kappa shape index (κ1) is 15.5. The third-order valence-electron chi connectivity index (χ3n) is 4.78. The van der Waals surface area contributed by atoms with Crippen LogP contribution in [0.15, 0.2) is 0 Å². The molecule has 1 aliphatic carbocycles. The smallest absolute Gasteiger partial charge is 0.280 e. The summed E-state index contributed by atoms with van der Waals surface area (Å²) < 4.78 is 0. The zero-order valence-corrected chi connectivity index (χ0v) is 14.2. The molecule has 2 N–H and O–H groups in total. The van der Waals surface area contributed by atoms with Gasteiger partial charge in [-0.25, -0.2) is 0 Å². The number of aryl methyl sites for hydroxylation is 1. The Morgan fingerprint density at radius 3 is 2.77 bits per heavy atom. The summed E-state index contributed by atoms with van der Waals surface area (Å²) >= 11 is 1.60. The Kier molecular flexibility index (Phi) is 4.51. The lowest BCUT2D eigenvalue weighted by molar-refractivity contribution is -0.904. The van der Waals surface area contributed by atoms with Gasteiger partial charge < -0.3 is 10.2 Å². The van der Waals surface area contributed by atoms with Crippen LogP contribution in [-0.2, 0) is 17.6 Å². The molecule has 1 amide bonds. The molecule has 118 valence electrons. The number of anilines is 1. The average molecular weight is 318 g/mol. The number of likely N-dealkylation sites (tertiary alicyclic amines) is 1. The van der Waals surface area contributed by atoms with Gasteiger partial charge in [-0.1, -0.05) is 13.8 Å². The van der Waals surface area contributed by atoms with Crippen LogP contribution in [0.3, 0.4) is 0 Å². The van der Waals surface area contributed by atoms with E-state index in [2.05, 4.69) is 25.2 Å². The van der Waals surface area contributed by atoms with Crippen molar-refractivity contribution in [3.05, 3.63) is 16.0 Å². The van der Waals surface area contributed by atoms with Gasteiger partial charge in [0.05, 0.1) is 18.7 Å². The number of quaternary nitrogens is 1. The molecule has 1 unspecified atom stereocenters. The highest BCUT2D eigenvalue weighted by Gasteiger charge is 2.28. The van der Waals surface area contributed by atoms with E-state index in [-0.39, 0.29) is 5.91 Å². The molecule has 4 nitrogen and oxygen atoms in total. The normalized spacial score (nSPS) is 27.2. The van der Waals surface area contributed by atoms with Gasteiger partial charge >= 0.3 is 0 Å². The van der Waals surface area contributed by atoms with E-state index >= 15 is 0 Å². The number of rotatable bonds is 3. The lowest BCUT2D eigenvalue weighted by Gasteiger charge is -2.31. The second kappa shape index (κ2) is 6.39. The predicted molar refractivity (Wildman–Crippen MR) is 88.2 cm³/mol. The van der Waals surface area contributed by atoms with E-state index in [0.29, 0.717) is 23.9 Å². The minimum Gasteiger partial charge on any atom is -0.327 e. The third-order valence-corrected chi connectivity index (χ3v) is 5.98. The number of thiophene rings is 1. The van der Waals surface area contributed by atoms with E-state index in [9.17, 15) is 10.1 Å². The van der Waals surface area contributed by atoms with Gasteiger partial charge in [0.15, 0.2) is 6.54 Å². The minimum atomic E-state index is 0.0488. The van der Waals surface area contributed by atoms with E-state index in [1.807, 2.05) is 0 Å². The number of hydrogen-bond acceptors (Lipinski definition) is 3. The molecule has 3 atom stereocenters. The SMILES string of the molecule is C[C@@H]1C[C@H](C)C[NH+](CC(=O)Nc2sc3c(c2C#N)CCC3)C1. The number of carbonyl (C=O) groups is 1. The van der Waals surface area contributed by atoms with Crippen molar-refractivity contribution in [2.75, 3.05) is 25.0 Å². The molecule has 2 heterocycles. The van der Waals surface area contributed by atoms with Crippen LogP contribution in [0.2, 0.25) is 0 Å². The number of nitrogens with zero attached hydrogens (tertiary/aromatic N) is 1. The van der Waals surface area contributed by atoms with Crippen molar-refractivity contribution < 1.29 is 9.69 Å². The quantitative estimate of drug-likeness (QED) is 0.889. The van der Waals surface area contributed by atoms with Gasteiger partial charge in [-0.15, -0.1) is 11.3 Å². The van der Waals surface area contributed by atoms with Crippen molar-refractivity contribution in [3.63, 3.8) is 0 Å². The molecule has 0 saturated carbocycles. The third kappa shape index (κ3) is 3.18. The molecule has 0 radical (unpaired) electrons. The monoisotopic (exact) mass is 318 g/mol. The summed E-state index contributed by atoms with van der Waals surface area (Å²) in [5.41, 5.74) is 1.89. The topological polar surface area (TPSA) is 57.3 Å². The lowest BCUT2D eigenvalue weighted by Crippen LogP contribution is -3.15. The van der Waals surface area contributed by atoms with Crippen molar-refractivity contribution in [2.45, 2.75) is 39.5 Å². The summed E-state index contributed by atoms with van der Waals surface area (Å²) in [6, 6.07) is 2.29. The number of piperidine rings is 1. The summed E-state index contributed by atoms with van der Waals surface area (Å²) in [4.78, 5) is 15.0. The van der Waals surface area contributed by atoms with Crippen molar-refractivity contribution in [1.29, 1.82) is 5.26 Å². The fraction of sp³-hybridized carbons (Fsp3) is 0.647. The first-order valence-corrected chi connectivity index (χ1v) is 9.06. The Labute approximate surface area is 136 Å². The molecule has 0 spiro atoms. The number of carbonyl (C=O) groups excluding carboxylic acids is 1. The molecular formula is C17H24N3OS+. The summed E-state index contributed by atoms with van der Waals surface area (Å²) in [6.45, 7) is 7.20. The Bertz CT molecular complexity index is 606. The second-order valence-electron chi connectivity index (χ2n) is 7.00. The molecule has 1 fully saturated rings. The molecule has 1 aliphatic heterocycles. The van der Waals surface area contributed by atoms with Crippen LogP contribution in [0.5, 0.6) is 0 Å². The summed E-state index contributed by atoms with van der Waals surface area (Å²) in [5, 5.41) is 13.2. The lowest BCUT2D eigenvalue weighted by atomic mass is 9.92. The van der Waals surface area contributed by atoms with Crippen molar-refractivity contribution in [2.24, 2.45) is 11.8 Å². The van der Waals surface area contributed by atoms with Crippen molar-refractivity contribution in [1.82, 2.24) is 0 Å². The molecule has 0 bridgehead atoms. The highest BCUT2D eigenvalue weighted by Crippen LogP contribution is 2.38. The molecule has 1 aromatic heterocycles. The Morgan fingerprint density at radius 2 is 2.09 bits per heavy atom. The van der Waals surface area contributed by atoms with Crippen LogP contribution in [0.1, 0.15) is 42.7 Å². The maximum atomic E-state index is 12.4. The zero-order chi connectivity index (χ0) is 15.7. The van der Waals surface area contributed by atoms with Crippen LogP contribution in [0.4, 0.5) is 5.00 Å². The summed E-state index contributed by atoms with van der Waals surface area (Å²) in [5.74, 6) is 1.42. The van der Waals surface area contributed by atoms with Crippen LogP contribution in [0.25, 0.3) is 0 Å². The fourth-order valence-electron chi connectivity index (χ4n) is 4.08. The van der Waals surface area contributed by atoms with Gasteiger partial charge in [0.2, 0.25) is 0 Å². The molecule has 1 saturated heterocycles. The number of fused-ring (bicyclic) bond motifs is 1. The van der Waals surface area contributed by atoms with Gasteiger partial charge in [0.1, 0.15) is 11.1 Å². The maximum absolute atomic E-state index is 12.4. The molecule has 2 aliphatic rings. The molecule has 1 aromatic rings. The predicted octanol–water partition coefficient (Wildman–Crippen LogP) is 1.61. The van der Waals surface area contributed by atoms with Gasteiger partial charge in [-0.2, -0.15) is 5.26 Å². The second-order valence-corrected chi connectivity index (χ2v) is 8.11. The number of hydrogen-bond donors (Lipinski definition) is 2. The number of amides is 1. The van der Waals surface area contributed by atoms with Crippen molar-refractivity contribution in [3.8, 4) is 6.07 Å². The Morgan fingerprint density at radius 1 is 1.36 bits per heavy atom. The summed E-state index contributed by atoms with van der Waals surface area (Å²) in [7, 11) is 0. The van der Waals surface area contributed by atoms with Gasteiger partial charge in [0.25, 0.3) is 5.91 Å². The highest BCUT2D eigenvalue weighted by atomic mass is 32.1. The first-order valence-electron chi connectivity index (χ1n) is 8.24. The minimum absolute atomic E-state index is 0.0488. The van der Waals surface area contributed by atoms with Crippen LogP contribution < -0.4 is 10.2 Å². The largest absolute Gasteiger partial charge is 0.327 e. The van der Waals surface area contributed by atoms with Crippen LogP contribution in [-0.4, -0.2) is 25.5 Å². The number of nitriles is 1. The van der Waals surface area contributed by atoms with E-state index in [1.165, 1.54) is 21.8 Å². The Balaban J connectivity index is 1.64.